The van der Waals surface area contributed by atoms with Gasteiger partial charge in [0.1, 0.15) is 0 Å². The van der Waals surface area contributed by atoms with Gasteiger partial charge in [-0.15, -0.1) is 0 Å². The molecule has 5 nitrogen and oxygen atoms in total. The number of hydrogen-bond donors (Lipinski definition) is 4. The monoisotopic (exact) mass is 530 g/mol. The highest BCUT2D eigenvalue weighted by Gasteiger charge is 2.64. The maximum atomic E-state index is 12.6. The normalized spacial score (nSPS) is 47.2. The van der Waals surface area contributed by atoms with Gasteiger partial charge >= 0.3 is 0 Å². The van der Waals surface area contributed by atoms with Crippen LogP contribution in [0.4, 0.5) is 0 Å². The molecule has 1 saturated heterocycles. The molecule has 0 aromatic heterocycles. The van der Waals surface area contributed by atoms with E-state index in [0.29, 0.717) is 47.8 Å². The fourth-order valence-electron chi connectivity index (χ4n) is 11.2. The van der Waals surface area contributed by atoms with E-state index in [1.807, 2.05) is 0 Å². The van der Waals surface area contributed by atoms with E-state index >= 15 is 0 Å². The topological polar surface area (TPSA) is 81.6 Å². The van der Waals surface area contributed by atoms with Crippen LogP contribution in [0.5, 0.6) is 0 Å². The SMILES string of the molecule is CC[C@H]1[C@@H](O)[C@@H]2[C@H](CC[C@]3(C)[C@@H]([C@H](C)CCC(=O)NCCCC4CCNC4)CC[C@@H]23)[C@@]2(C)CC[C@@H](O)C[C@@H]12. The number of nitrogens with one attached hydrogen (secondary N) is 2. The van der Waals surface area contributed by atoms with E-state index in [1.165, 1.54) is 38.5 Å². The highest BCUT2D eigenvalue weighted by Crippen LogP contribution is 2.69. The average molecular weight is 531 g/mol. The Labute approximate surface area is 232 Å². The molecule has 4 aliphatic carbocycles. The molecule has 0 spiro atoms. The summed E-state index contributed by atoms with van der Waals surface area (Å²) in [5.41, 5.74) is 0.546. The lowest BCUT2D eigenvalue weighted by atomic mass is 9.41. The summed E-state index contributed by atoms with van der Waals surface area (Å²) in [5, 5.41) is 29.1. The number of amides is 1. The van der Waals surface area contributed by atoms with E-state index in [9.17, 15) is 15.0 Å². The van der Waals surface area contributed by atoms with Gasteiger partial charge in [0, 0.05) is 13.0 Å². The molecule has 218 valence electrons. The first-order chi connectivity index (χ1) is 18.2. The second-order valence-electron chi connectivity index (χ2n) is 15.0. The molecule has 5 fully saturated rings. The van der Waals surface area contributed by atoms with Gasteiger partial charge in [-0.1, -0.05) is 34.1 Å². The van der Waals surface area contributed by atoms with Crippen molar-refractivity contribution in [3.63, 3.8) is 0 Å². The van der Waals surface area contributed by atoms with Crippen LogP contribution in [0.25, 0.3) is 0 Å². The van der Waals surface area contributed by atoms with Crippen molar-refractivity contribution < 1.29 is 15.0 Å². The predicted octanol–water partition coefficient (Wildman–Crippen LogP) is 5.54. The number of carbonyl (C=O) groups is 1. The van der Waals surface area contributed by atoms with Crippen LogP contribution >= 0.6 is 0 Å². The molecular weight excluding hydrogens is 472 g/mol. The number of rotatable bonds is 9. The van der Waals surface area contributed by atoms with Crippen molar-refractivity contribution in [2.24, 2.45) is 58.2 Å². The lowest BCUT2D eigenvalue weighted by Crippen LogP contribution is -2.62. The minimum absolute atomic E-state index is 0.182. The molecule has 5 heteroatoms. The summed E-state index contributed by atoms with van der Waals surface area (Å²) in [7, 11) is 0. The van der Waals surface area contributed by atoms with Gasteiger partial charge in [-0.25, -0.2) is 0 Å². The third-order valence-electron chi connectivity index (χ3n) is 13.3. The van der Waals surface area contributed by atoms with Crippen molar-refractivity contribution in [3.05, 3.63) is 0 Å². The lowest BCUT2D eigenvalue weighted by Gasteiger charge is -2.64. The quantitative estimate of drug-likeness (QED) is 0.295. The Morgan fingerprint density at radius 3 is 2.53 bits per heavy atom. The molecule has 0 bridgehead atoms. The second kappa shape index (κ2) is 11.7. The second-order valence-corrected chi connectivity index (χ2v) is 15.0. The zero-order chi connectivity index (χ0) is 27.1. The molecular formula is C33H58N2O3. The number of carbonyl (C=O) groups excluding carboxylic acids is 1. The predicted molar refractivity (Wildman–Crippen MR) is 153 cm³/mol. The molecule has 1 aliphatic heterocycles. The van der Waals surface area contributed by atoms with Crippen LogP contribution in [0.15, 0.2) is 0 Å². The van der Waals surface area contributed by atoms with Crippen molar-refractivity contribution in [2.75, 3.05) is 19.6 Å². The standard InChI is InChI=1S/C33H58N2O3/c1-5-24-28-19-23(36)12-15-33(28,4)27-13-16-32(3)25(9-10-26(32)30(27)31(24)38)21(2)8-11-29(37)35-17-6-7-22-14-18-34-20-22/h21-28,30-31,34,36,38H,5-20H2,1-4H3,(H,35,37)/t21-,22?,23-,24-,25-,26+,27+,28+,30+,31-,32-,33-/m1/s1. The van der Waals surface area contributed by atoms with Crippen LogP contribution in [0, 0.1) is 58.2 Å². The minimum Gasteiger partial charge on any atom is -0.393 e. The first-order valence-electron chi connectivity index (χ1n) is 16.5. The summed E-state index contributed by atoms with van der Waals surface area (Å²) in [6.45, 7) is 12.9. The van der Waals surface area contributed by atoms with Gasteiger partial charge in [0.25, 0.3) is 0 Å². The summed E-state index contributed by atoms with van der Waals surface area (Å²) in [5.74, 6) is 4.62. The smallest absolute Gasteiger partial charge is 0.220 e. The third kappa shape index (κ3) is 5.22. The van der Waals surface area contributed by atoms with Crippen molar-refractivity contribution >= 4 is 5.91 Å². The molecule has 0 aromatic carbocycles. The van der Waals surface area contributed by atoms with Crippen LogP contribution in [-0.2, 0) is 4.79 Å². The van der Waals surface area contributed by atoms with E-state index in [0.717, 1.165) is 64.1 Å². The van der Waals surface area contributed by atoms with Crippen molar-refractivity contribution in [1.82, 2.24) is 10.6 Å². The minimum atomic E-state index is -0.224. The Kier molecular flexibility index (Phi) is 8.88. The summed E-state index contributed by atoms with van der Waals surface area (Å²) in [4.78, 5) is 12.6. The summed E-state index contributed by atoms with van der Waals surface area (Å²) in [6, 6.07) is 0. The van der Waals surface area contributed by atoms with Crippen LogP contribution in [-0.4, -0.2) is 48.0 Å². The zero-order valence-corrected chi connectivity index (χ0v) is 24.9. The Morgan fingerprint density at radius 1 is 1.03 bits per heavy atom. The Morgan fingerprint density at radius 2 is 1.79 bits per heavy atom. The van der Waals surface area contributed by atoms with E-state index in [2.05, 4.69) is 38.3 Å². The summed E-state index contributed by atoms with van der Waals surface area (Å²) < 4.78 is 0. The Balaban J connectivity index is 1.18. The molecule has 1 unspecified atom stereocenters. The molecule has 0 radical (unpaired) electrons. The van der Waals surface area contributed by atoms with E-state index in [4.69, 9.17) is 0 Å². The van der Waals surface area contributed by atoms with Gasteiger partial charge in [-0.2, -0.15) is 0 Å². The third-order valence-corrected chi connectivity index (χ3v) is 13.3. The largest absolute Gasteiger partial charge is 0.393 e. The number of aliphatic hydroxyl groups is 2. The molecule has 38 heavy (non-hydrogen) atoms. The molecule has 12 atom stereocenters. The van der Waals surface area contributed by atoms with E-state index < -0.39 is 0 Å². The van der Waals surface area contributed by atoms with Gasteiger partial charge in [0.05, 0.1) is 12.2 Å². The van der Waals surface area contributed by atoms with Crippen LogP contribution in [0.1, 0.15) is 111 Å². The maximum Gasteiger partial charge on any atom is 0.220 e. The fourth-order valence-corrected chi connectivity index (χ4v) is 11.2. The van der Waals surface area contributed by atoms with E-state index in [-0.39, 0.29) is 28.9 Å². The molecule has 4 saturated carbocycles. The number of hydrogen-bond acceptors (Lipinski definition) is 4. The highest BCUT2D eigenvalue weighted by molar-refractivity contribution is 5.75. The van der Waals surface area contributed by atoms with Gasteiger partial charge in [0.15, 0.2) is 0 Å². The molecule has 1 heterocycles. The first-order valence-corrected chi connectivity index (χ1v) is 16.5. The first kappa shape index (κ1) is 28.9. The Bertz CT molecular complexity index is 814. The molecule has 4 N–H and O–H groups in total. The van der Waals surface area contributed by atoms with Crippen LogP contribution in [0.2, 0.25) is 0 Å². The summed E-state index contributed by atoms with van der Waals surface area (Å²) >= 11 is 0. The maximum absolute atomic E-state index is 12.6. The molecule has 5 rings (SSSR count). The molecule has 5 aliphatic rings. The van der Waals surface area contributed by atoms with Gasteiger partial charge in [-0.3, -0.25) is 4.79 Å². The molecule has 1 amide bonds. The van der Waals surface area contributed by atoms with Crippen molar-refractivity contribution in [3.8, 4) is 0 Å². The lowest BCUT2D eigenvalue weighted by molar-refractivity contribution is -0.203. The van der Waals surface area contributed by atoms with Gasteiger partial charge < -0.3 is 20.8 Å². The number of fused-ring (bicyclic) bond motifs is 5. The zero-order valence-electron chi connectivity index (χ0n) is 24.9. The van der Waals surface area contributed by atoms with Crippen molar-refractivity contribution in [2.45, 2.75) is 123 Å². The number of aliphatic hydroxyl groups excluding tert-OH is 2. The van der Waals surface area contributed by atoms with Crippen LogP contribution < -0.4 is 10.6 Å². The van der Waals surface area contributed by atoms with Gasteiger partial charge in [0.2, 0.25) is 5.91 Å². The van der Waals surface area contributed by atoms with Crippen LogP contribution in [0.3, 0.4) is 0 Å². The average Bonchev–Trinajstić information content (AvgIpc) is 3.54. The molecule has 0 aromatic rings. The fraction of sp³-hybridized carbons (Fsp3) is 0.970. The van der Waals surface area contributed by atoms with Gasteiger partial charge in [-0.05, 0) is 142 Å². The van der Waals surface area contributed by atoms with E-state index in [1.54, 1.807) is 0 Å². The van der Waals surface area contributed by atoms with Crippen molar-refractivity contribution in [1.29, 1.82) is 0 Å². The summed E-state index contributed by atoms with van der Waals surface area (Å²) in [6.07, 6.45) is 13.8. The Hall–Kier alpha value is -0.650. The highest BCUT2D eigenvalue weighted by atomic mass is 16.3.